The lowest BCUT2D eigenvalue weighted by molar-refractivity contribution is 0.0954. The van der Waals surface area contributed by atoms with Crippen molar-refractivity contribution >= 4 is 15.9 Å². The van der Waals surface area contributed by atoms with Crippen LogP contribution in [0.3, 0.4) is 0 Å². The molecule has 1 N–H and O–H groups in total. The van der Waals surface area contributed by atoms with Crippen LogP contribution in [0, 0.1) is 0 Å². The standard InChI is InChI=1S/C22H28N2O4S/c1-28-20-10-8-19(9-11-20)22(25)23-15-14-18-6-12-21(13-7-18)29(26,27)24-16-4-2-3-5-17-24/h6-13H,2-5,14-17H2,1H3,(H,23,25). The smallest absolute Gasteiger partial charge is 0.251 e. The van der Waals surface area contributed by atoms with Crippen LogP contribution < -0.4 is 10.1 Å². The highest BCUT2D eigenvalue weighted by Crippen LogP contribution is 2.20. The van der Waals surface area contributed by atoms with Crippen LogP contribution in [-0.4, -0.2) is 45.4 Å². The summed E-state index contributed by atoms with van der Waals surface area (Å²) in [6, 6.07) is 13.9. The van der Waals surface area contributed by atoms with Crippen LogP contribution in [0.4, 0.5) is 0 Å². The van der Waals surface area contributed by atoms with E-state index in [0.29, 0.717) is 42.3 Å². The SMILES string of the molecule is COc1ccc(C(=O)NCCc2ccc(S(=O)(=O)N3CCCCCC3)cc2)cc1. The summed E-state index contributed by atoms with van der Waals surface area (Å²) in [5.74, 6) is 0.560. The van der Waals surface area contributed by atoms with Crippen LogP contribution in [-0.2, 0) is 16.4 Å². The van der Waals surface area contributed by atoms with Crippen LogP contribution in [0.2, 0.25) is 0 Å². The summed E-state index contributed by atoms with van der Waals surface area (Å²) in [4.78, 5) is 12.5. The molecule has 0 bridgehead atoms. The van der Waals surface area contributed by atoms with Crippen molar-refractivity contribution in [3.63, 3.8) is 0 Å². The van der Waals surface area contributed by atoms with E-state index in [0.717, 1.165) is 31.2 Å². The van der Waals surface area contributed by atoms with E-state index in [9.17, 15) is 13.2 Å². The molecular formula is C22H28N2O4S. The number of hydrogen-bond acceptors (Lipinski definition) is 4. The molecule has 1 aliphatic heterocycles. The Morgan fingerprint density at radius 1 is 0.966 bits per heavy atom. The molecule has 2 aromatic carbocycles. The number of ether oxygens (including phenoxy) is 1. The zero-order valence-electron chi connectivity index (χ0n) is 16.8. The molecule has 1 fully saturated rings. The topological polar surface area (TPSA) is 75.7 Å². The summed E-state index contributed by atoms with van der Waals surface area (Å²) in [6.07, 6.45) is 4.66. The number of amides is 1. The van der Waals surface area contributed by atoms with Gasteiger partial charge in [-0.3, -0.25) is 4.79 Å². The highest BCUT2D eigenvalue weighted by Gasteiger charge is 2.24. The predicted molar refractivity (Wildman–Crippen MR) is 113 cm³/mol. The predicted octanol–water partition coefficient (Wildman–Crippen LogP) is 3.23. The Bertz CT molecular complexity index is 901. The van der Waals surface area contributed by atoms with Gasteiger partial charge in [-0.25, -0.2) is 8.42 Å². The molecule has 156 valence electrons. The number of hydrogen-bond donors (Lipinski definition) is 1. The van der Waals surface area contributed by atoms with E-state index in [1.54, 1.807) is 47.8 Å². The molecule has 7 heteroatoms. The molecule has 2 aromatic rings. The first kappa shape index (κ1) is 21.3. The Labute approximate surface area is 172 Å². The van der Waals surface area contributed by atoms with Gasteiger partial charge in [-0.2, -0.15) is 4.31 Å². The molecule has 1 amide bonds. The third-order valence-corrected chi connectivity index (χ3v) is 7.09. The van der Waals surface area contributed by atoms with Gasteiger partial charge in [0.1, 0.15) is 5.75 Å². The molecule has 0 spiro atoms. The second-order valence-corrected chi connectivity index (χ2v) is 9.13. The summed E-state index contributed by atoms with van der Waals surface area (Å²) in [7, 11) is -1.84. The average Bonchev–Trinajstić information content (AvgIpc) is 3.04. The van der Waals surface area contributed by atoms with Gasteiger partial charge < -0.3 is 10.1 Å². The molecule has 1 heterocycles. The van der Waals surface area contributed by atoms with Crippen LogP contribution in [0.15, 0.2) is 53.4 Å². The maximum absolute atomic E-state index is 12.8. The van der Waals surface area contributed by atoms with Crippen LogP contribution >= 0.6 is 0 Å². The van der Waals surface area contributed by atoms with Gasteiger partial charge >= 0.3 is 0 Å². The fraction of sp³-hybridized carbons (Fsp3) is 0.409. The first-order valence-electron chi connectivity index (χ1n) is 10.0. The van der Waals surface area contributed by atoms with Crippen molar-refractivity contribution in [1.29, 1.82) is 0 Å². The fourth-order valence-corrected chi connectivity index (χ4v) is 4.94. The molecule has 0 atom stereocenters. The molecule has 0 saturated carbocycles. The lowest BCUT2D eigenvalue weighted by Gasteiger charge is -2.20. The highest BCUT2D eigenvalue weighted by atomic mass is 32.2. The third kappa shape index (κ3) is 5.58. The Kier molecular flexibility index (Phi) is 7.28. The van der Waals surface area contributed by atoms with Crippen molar-refractivity contribution in [3.05, 3.63) is 59.7 Å². The molecule has 0 aliphatic carbocycles. The second-order valence-electron chi connectivity index (χ2n) is 7.20. The molecule has 0 unspecified atom stereocenters. The van der Waals surface area contributed by atoms with Gasteiger partial charge in [0.25, 0.3) is 5.91 Å². The highest BCUT2D eigenvalue weighted by molar-refractivity contribution is 7.89. The van der Waals surface area contributed by atoms with E-state index in [-0.39, 0.29) is 5.91 Å². The number of methoxy groups -OCH3 is 1. The van der Waals surface area contributed by atoms with Gasteiger partial charge in [0, 0.05) is 25.2 Å². The van der Waals surface area contributed by atoms with Crippen LogP contribution in [0.25, 0.3) is 0 Å². The minimum absolute atomic E-state index is 0.145. The van der Waals surface area contributed by atoms with Crippen molar-refractivity contribution in [2.24, 2.45) is 0 Å². The molecule has 6 nitrogen and oxygen atoms in total. The normalized spacial score (nSPS) is 15.5. The van der Waals surface area contributed by atoms with Crippen molar-refractivity contribution in [2.45, 2.75) is 37.0 Å². The van der Waals surface area contributed by atoms with E-state index in [4.69, 9.17) is 4.74 Å². The molecule has 0 aromatic heterocycles. The second kappa shape index (κ2) is 9.89. The molecule has 29 heavy (non-hydrogen) atoms. The van der Waals surface area contributed by atoms with Gasteiger partial charge in [0.2, 0.25) is 10.0 Å². The van der Waals surface area contributed by atoms with Crippen molar-refractivity contribution in [2.75, 3.05) is 26.7 Å². The Balaban J connectivity index is 1.54. The molecule has 0 radical (unpaired) electrons. The number of benzene rings is 2. The van der Waals surface area contributed by atoms with Crippen LogP contribution in [0.5, 0.6) is 5.75 Å². The number of nitrogens with one attached hydrogen (secondary N) is 1. The van der Waals surface area contributed by atoms with Crippen molar-refractivity contribution < 1.29 is 17.9 Å². The first-order valence-corrected chi connectivity index (χ1v) is 11.5. The largest absolute Gasteiger partial charge is 0.497 e. The first-order chi connectivity index (χ1) is 14.0. The summed E-state index contributed by atoms with van der Waals surface area (Å²) in [5, 5.41) is 2.88. The molecular weight excluding hydrogens is 388 g/mol. The van der Waals surface area contributed by atoms with Gasteiger partial charge in [-0.05, 0) is 61.2 Å². The Morgan fingerprint density at radius 2 is 1.59 bits per heavy atom. The van der Waals surface area contributed by atoms with Crippen LogP contribution in [0.1, 0.15) is 41.6 Å². The quantitative estimate of drug-likeness (QED) is 0.752. The average molecular weight is 417 g/mol. The van der Waals surface area contributed by atoms with E-state index in [1.807, 2.05) is 12.1 Å². The zero-order valence-corrected chi connectivity index (χ0v) is 17.6. The van der Waals surface area contributed by atoms with Gasteiger partial charge in [0.05, 0.1) is 12.0 Å². The minimum atomic E-state index is -3.42. The van der Waals surface area contributed by atoms with Gasteiger partial charge in [-0.1, -0.05) is 25.0 Å². The number of sulfonamides is 1. The number of carbonyl (C=O) groups is 1. The number of rotatable bonds is 7. The lowest BCUT2D eigenvalue weighted by Crippen LogP contribution is -2.31. The maximum Gasteiger partial charge on any atom is 0.251 e. The van der Waals surface area contributed by atoms with Gasteiger partial charge in [-0.15, -0.1) is 0 Å². The number of nitrogens with zero attached hydrogens (tertiary/aromatic N) is 1. The minimum Gasteiger partial charge on any atom is -0.497 e. The summed E-state index contributed by atoms with van der Waals surface area (Å²) in [5.41, 5.74) is 1.56. The monoisotopic (exact) mass is 416 g/mol. The fourth-order valence-electron chi connectivity index (χ4n) is 3.42. The molecule has 3 rings (SSSR count). The van der Waals surface area contributed by atoms with E-state index >= 15 is 0 Å². The van der Waals surface area contributed by atoms with E-state index < -0.39 is 10.0 Å². The summed E-state index contributed by atoms with van der Waals surface area (Å²) >= 11 is 0. The van der Waals surface area contributed by atoms with Gasteiger partial charge in [0.15, 0.2) is 0 Å². The zero-order chi connectivity index (χ0) is 20.7. The Hall–Kier alpha value is -2.38. The lowest BCUT2D eigenvalue weighted by atomic mass is 10.1. The van der Waals surface area contributed by atoms with Crippen molar-refractivity contribution in [1.82, 2.24) is 9.62 Å². The summed E-state index contributed by atoms with van der Waals surface area (Å²) in [6.45, 7) is 1.67. The van der Waals surface area contributed by atoms with Crippen molar-refractivity contribution in [3.8, 4) is 5.75 Å². The molecule has 1 aliphatic rings. The molecule has 1 saturated heterocycles. The Morgan fingerprint density at radius 3 is 2.17 bits per heavy atom. The third-order valence-electron chi connectivity index (χ3n) is 5.18. The number of carbonyl (C=O) groups excluding carboxylic acids is 1. The summed E-state index contributed by atoms with van der Waals surface area (Å²) < 4.78 is 32.3. The van der Waals surface area contributed by atoms with E-state index in [1.165, 1.54) is 0 Å². The maximum atomic E-state index is 12.8. The van der Waals surface area contributed by atoms with E-state index in [2.05, 4.69) is 5.32 Å².